The first-order valence-electron chi connectivity index (χ1n) is 5.08. The van der Waals surface area contributed by atoms with Crippen molar-refractivity contribution >= 4 is 11.9 Å². The first-order chi connectivity index (χ1) is 7.06. The zero-order chi connectivity index (χ0) is 11.4. The molecule has 0 aromatic carbocycles. The van der Waals surface area contributed by atoms with E-state index in [1.165, 1.54) is 7.11 Å². The van der Waals surface area contributed by atoms with E-state index in [2.05, 4.69) is 5.32 Å². The van der Waals surface area contributed by atoms with Crippen LogP contribution in [0.25, 0.3) is 0 Å². The number of carboxylic acid groups (broad SMARTS) is 1. The number of ether oxygens (including phenoxy) is 1. The number of hydrogen-bond acceptors (Lipinski definition) is 3. The van der Waals surface area contributed by atoms with Crippen LogP contribution in [0.5, 0.6) is 0 Å². The summed E-state index contributed by atoms with van der Waals surface area (Å²) in [6, 6.07) is -0.828. The summed E-state index contributed by atoms with van der Waals surface area (Å²) < 4.78 is 4.79. The van der Waals surface area contributed by atoms with Crippen LogP contribution in [-0.2, 0) is 14.3 Å². The second-order valence-electron chi connectivity index (χ2n) is 4.00. The third-order valence-corrected chi connectivity index (χ3v) is 2.67. The largest absolute Gasteiger partial charge is 0.480 e. The van der Waals surface area contributed by atoms with Crippen LogP contribution in [0.2, 0.25) is 0 Å². The van der Waals surface area contributed by atoms with Gasteiger partial charge in [0.15, 0.2) is 0 Å². The van der Waals surface area contributed by atoms with Gasteiger partial charge in [-0.3, -0.25) is 4.79 Å². The van der Waals surface area contributed by atoms with Gasteiger partial charge in [-0.2, -0.15) is 0 Å². The summed E-state index contributed by atoms with van der Waals surface area (Å²) in [7, 11) is 1.50. The maximum absolute atomic E-state index is 11.5. The van der Waals surface area contributed by atoms with E-state index in [1.54, 1.807) is 0 Å². The average Bonchev–Trinajstić information content (AvgIpc) is 2.89. The Morgan fingerprint density at radius 3 is 2.60 bits per heavy atom. The van der Waals surface area contributed by atoms with E-state index >= 15 is 0 Å². The SMILES string of the molecule is COCCC(NC(=O)C1CC1C)C(=O)O. The Balaban J connectivity index is 2.36. The zero-order valence-corrected chi connectivity index (χ0v) is 9.03. The summed E-state index contributed by atoms with van der Waals surface area (Å²) in [5.41, 5.74) is 0. The molecule has 1 saturated carbocycles. The molecule has 0 bridgehead atoms. The Kier molecular flexibility index (Phi) is 4.08. The smallest absolute Gasteiger partial charge is 0.326 e. The van der Waals surface area contributed by atoms with Crippen LogP contribution in [0.4, 0.5) is 0 Å². The third-order valence-electron chi connectivity index (χ3n) is 2.67. The minimum Gasteiger partial charge on any atom is -0.480 e. The normalized spacial score (nSPS) is 25.7. The number of amides is 1. The molecule has 3 atom stereocenters. The van der Waals surface area contributed by atoms with Gasteiger partial charge in [-0.05, 0) is 12.3 Å². The topological polar surface area (TPSA) is 75.6 Å². The molecular weight excluding hydrogens is 198 g/mol. The Morgan fingerprint density at radius 2 is 2.20 bits per heavy atom. The van der Waals surface area contributed by atoms with E-state index in [0.29, 0.717) is 18.9 Å². The molecule has 86 valence electrons. The monoisotopic (exact) mass is 215 g/mol. The number of carboxylic acids is 1. The molecule has 0 aromatic heterocycles. The maximum atomic E-state index is 11.5. The molecule has 2 N–H and O–H groups in total. The molecule has 3 unspecified atom stereocenters. The minimum absolute atomic E-state index is 0.00870. The van der Waals surface area contributed by atoms with Gasteiger partial charge in [-0.25, -0.2) is 4.79 Å². The number of hydrogen-bond donors (Lipinski definition) is 2. The van der Waals surface area contributed by atoms with Crippen molar-refractivity contribution in [3.63, 3.8) is 0 Å². The van der Waals surface area contributed by atoms with Gasteiger partial charge in [0.05, 0.1) is 0 Å². The third kappa shape index (κ3) is 3.51. The minimum atomic E-state index is -1.01. The van der Waals surface area contributed by atoms with Gasteiger partial charge >= 0.3 is 5.97 Å². The van der Waals surface area contributed by atoms with E-state index < -0.39 is 12.0 Å². The Labute approximate surface area is 88.8 Å². The number of carbonyl (C=O) groups excluding carboxylic acids is 1. The second kappa shape index (κ2) is 5.11. The van der Waals surface area contributed by atoms with Gasteiger partial charge in [0.2, 0.25) is 5.91 Å². The summed E-state index contributed by atoms with van der Waals surface area (Å²) in [4.78, 5) is 22.3. The molecule has 15 heavy (non-hydrogen) atoms. The number of methoxy groups -OCH3 is 1. The van der Waals surface area contributed by atoms with Crippen LogP contribution in [0.3, 0.4) is 0 Å². The molecule has 1 amide bonds. The lowest BCUT2D eigenvalue weighted by atomic mass is 10.2. The molecular formula is C10H17NO4. The molecule has 1 aliphatic rings. The predicted molar refractivity (Wildman–Crippen MR) is 53.3 cm³/mol. The molecule has 0 saturated heterocycles. The molecule has 5 heteroatoms. The van der Waals surface area contributed by atoms with Crippen molar-refractivity contribution in [3.8, 4) is 0 Å². The second-order valence-corrected chi connectivity index (χ2v) is 4.00. The van der Waals surface area contributed by atoms with Crippen molar-refractivity contribution in [1.82, 2.24) is 5.32 Å². The van der Waals surface area contributed by atoms with Gasteiger partial charge in [-0.15, -0.1) is 0 Å². The van der Waals surface area contributed by atoms with Crippen LogP contribution in [-0.4, -0.2) is 36.7 Å². The lowest BCUT2D eigenvalue weighted by molar-refractivity contribution is -0.142. The van der Waals surface area contributed by atoms with Gasteiger partial charge in [0, 0.05) is 26.1 Å². The highest BCUT2D eigenvalue weighted by Crippen LogP contribution is 2.37. The van der Waals surface area contributed by atoms with E-state index in [9.17, 15) is 9.59 Å². The van der Waals surface area contributed by atoms with Crippen molar-refractivity contribution in [2.45, 2.75) is 25.8 Å². The highest BCUT2D eigenvalue weighted by atomic mass is 16.5. The van der Waals surface area contributed by atoms with Crippen LogP contribution in [0.15, 0.2) is 0 Å². The van der Waals surface area contributed by atoms with Crippen molar-refractivity contribution in [2.75, 3.05) is 13.7 Å². The van der Waals surface area contributed by atoms with Crippen molar-refractivity contribution < 1.29 is 19.4 Å². The molecule has 0 radical (unpaired) electrons. The fraction of sp³-hybridized carbons (Fsp3) is 0.800. The predicted octanol–water partition coefficient (Wildman–Crippen LogP) is 0.248. The fourth-order valence-electron chi connectivity index (χ4n) is 1.46. The molecule has 1 fully saturated rings. The van der Waals surface area contributed by atoms with E-state index in [4.69, 9.17) is 9.84 Å². The fourth-order valence-corrected chi connectivity index (χ4v) is 1.46. The Hall–Kier alpha value is -1.10. The molecule has 0 heterocycles. The molecule has 1 aliphatic carbocycles. The number of nitrogens with one attached hydrogen (secondary N) is 1. The van der Waals surface area contributed by atoms with Crippen LogP contribution >= 0.6 is 0 Å². The molecule has 0 spiro atoms. The van der Waals surface area contributed by atoms with Crippen molar-refractivity contribution in [1.29, 1.82) is 0 Å². The highest BCUT2D eigenvalue weighted by Gasteiger charge is 2.40. The average molecular weight is 215 g/mol. The first kappa shape index (κ1) is 12.0. The van der Waals surface area contributed by atoms with Crippen molar-refractivity contribution in [3.05, 3.63) is 0 Å². The van der Waals surface area contributed by atoms with Crippen LogP contribution in [0.1, 0.15) is 19.8 Å². The van der Waals surface area contributed by atoms with E-state index in [1.807, 2.05) is 6.92 Å². The van der Waals surface area contributed by atoms with E-state index in [-0.39, 0.29) is 11.8 Å². The van der Waals surface area contributed by atoms with Crippen molar-refractivity contribution in [2.24, 2.45) is 11.8 Å². The summed E-state index contributed by atoms with van der Waals surface area (Å²) in [5, 5.41) is 11.4. The lowest BCUT2D eigenvalue weighted by Gasteiger charge is -2.13. The Bertz CT molecular complexity index is 254. The standard InChI is InChI=1S/C10H17NO4/c1-6-5-7(6)9(12)11-8(10(13)14)3-4-15-2/h6-8H,3-5H2,1-2H3,(H,11,12)(H,13,14). The van der Waals surface area contributed by atoms with Gasteiger partial charge in [0.1, 0.15) is 6.04 Å². The van der Waals surface area contributed by atoms with Crippen LogP contribution in [0, 0.1) is 11.8 Å². The first-order valence-corrected chi connectivity index (χ1v) is 5.08. The molecule has 0 aromatic rings. The van der Waals surface area contributed by atoms with Gasteiger partial charge in [0.25, 0.3) is 0 Å². The zero-order valence-electron chi connectivity index (χ0n) is 9.03. The molecule has 5 nitrogen and oxygen atoms in total. The van der Waals surface area contributed by atoms with Gasteiger partial charge in [-0.1, -0.05) is 6.92 Å². The van der Waals surface area contributed by atoms with E-state index in [0.717, 1.165) is 6.42 Å². The summed E-state index contributed by atoms with van der Waals surface area (Å²) in [6.07, 6.45) is 1.17. The molecule has 0 aliphatic heterocycles. The van der Waals surface area contributed by atoms with Gasteiger partial charge < -0.3 is 15.2 Å². The van der Waals surface area contributed by atoms with Crippen LogP contribution < -0.4 is 5.32 Å². The Morgan fingerprint density at radius 1 is 1.60 bits per heavy atom. The maximum Gasteiger partial charge on any atom is 0.326 e. The lowest BCUT2D eigenvalue weighted by Crippen LogP contribution is -2.42. The summed E-state index contributed by atoms with van der Waals surface area (Å²) >= 11 is 0. The number of rotatable bonds is 6. The summed E-state index contributed by atoms with van der Waals surface area (Å²) in [5.74, 6) is -0.754. The quantitative estimate of drug-likeness (QED) is 0.666. The molecule has 1 rings (SSSR count). The number of aliphatic carboxylic acids is 1. The number of carbonyl (C=O) groups is 2. The highest BCUT2D eigenvalue weighted by molar-refractivity contribution is 5.86. The summed E-state index contributed by atoms with van der Waals surface area (Å²) in [6.45, 7) is 2.31.